The topological polar surface area (TPSA) is 47.9 Å². The van der Waals surface area contributed by atoms with Crippen LogP contribution in [0.5, 0.6) is 17.2 Å². The second-order valence-electron chi connectivity index (χ2n) is 8.00. The molecular formula is C28H48NO4+. The molecule has 5 nitrogen and oxygen atoms in total. The molecule has 0 bridgehead atoms. The summed E-state index contributed by atoms with van der Waals surface area (Å²) in [5.41, 5.74) is 5.12. The molecule has 1 aliphatic heterocycles. The third kappa shape index (κ3) is 9.65. The zero-order chi connectivity index (χ0) is 25.4. The summed E-state index contributed by atoms with van der Waals surface area (Å²) in [7, 11) is 7.30. The minimum atomic E-state index is 0.270. The van der Waals surface area contributed by atoms with E-state index in [1.807, 2.05) is 40.7 Å². The van der Waals surface area contributed by atoms with Crippen molar-refractivity contribution in [3.8, 4) is 17.2 Å². The van der Waals surface area contributed by atoms with Gasteiger partial charge in [0.15, 0.2) is 11.5 Å². The fraction of sp³-hybridized carbons (Fsp3) is 0.571. The number of quaternary nitrogens is 1. The fourth-order valence-corrected chi connectivity index (χ4v) is 3.79. The van der Waals surface area contributed by atoms with E-state index in [9.17, 15) is 0 Å². The highest BCUT2D eigenvalue weighted by Gasteiger charge is 2.29. The molecular weight excluding hydrogens is 414 g/mol. The summed E-state index contributed by atoms with van der Waals surface area (Å²) >= 11 is 0. The normalized spacial score (nSPS) is 15.8. The summed E-state index contributed by atoms with van der Waals surface area (Å²) in [6, 6.07) is 10.4. The zero-order valence-electron chi connectivity index (χ0n) is 22.7. The highest BCUT2D eigenvalue weighted by molar-refractivity contribution is 5.47. The summed E-state index contributed by atoms with van der Waals surface area (Å²) in [4.78, 5) is 0. The predicted octanol–water partition coefficient (Wildman–Crippen LogP) is 5.95. The molecule has 1 unspecified atom stereocenters. The van der Waals surface area contributed by atoms with Gasteiger partial charge in [-0.05, 0) is 48.7 Å². The number of aryl methyl sites for hydroxylation is 2. The van der Waals surface area contributed by atoms with E-state index in [2.05, 4.69) is 38.2 Å². The Kier molecular flexibility index (Phi) is 15.3. The van der Waals surface area contributed by atoms with Crippen molar-refractivity contribution in [3.05, 3.63) is 52.6 Å². The lowest BCUT2D eigenvalue weighted by Gasteiger charge is -2.39. The number of rotatable bonds is 6. The van der Waals surface area contributed by atoms with Gasteiger partial charge in [0, 0.05) is 25.0 Å². The molecule has 5 heteroatoms. The SMILES string of the molecule is CC.CC.COc1cc(C)ccc1C.COc1cc2c(cc1OC)C[N+](C)(CCCO)CC2. The van der Waals surface area contributed by atoms with Crippen molar-refractivity contribution in [1.82, 2.24) is 0 Å². The Balaban J connectivity index is 0.000000617. The van der Waals surface area contributed by atoms with Crippen LogP contribution in [0.1, 0.15) is 56.4 Å². The van der Waals surface area contributed by atoms with Gasteiger partial charge in [0.2, 0.25) is 0 Å². The Morgan fingerprint density at radius 3 is 1.85 bits per heavy atom. The van der Waals surface area contributed by atoms with Gasteiger partial charge in [-0.1, -0.05) is 39.8 Å². The lowest BCUT2D eigenvalue weighted by Crippen LogP contribution is -2.48. The Bertz CT molecular complexity index is 807. The maximum atomic E-state index is 9.01. The van der Waals surface area contributed by atoms with Crippen LogP contribution in [0.4, 0.5) is 0 Å². The number of aliphatic hydroxyl groups is 1. The molecule has 1 N–H and O–H groups in total. The molecule has 2 aromatic carbocycles. The first kappa shape index (κ1) is 30.8. The van der Waals surface area contributed by atoms with Crippen LogP contribution in [0.2, 0.25) is 0 Å². The zero-order valence-corrected chi connectivity index (χ0v) is 22.7. The predicted molar refractivity (Wildman–Crippen MR) is 140 cm³/mol. The summed E-state index contributed by atoms with van der Waals surface area (Å²) in [5.74, 6) is 2.59. The van der Waals surface area contributed by atoms with Crippen LogP contribution in [0.15, 0.2) is 30.3 Å². The van der Waals surface area contributed by atoms with Crippen LogP contribution in [0.25, 0.3) is 0 Å². The minimum absolute atomic E-state index is 0.270. The summed E-state index contributed by atoms with van der Waals surface area (Å²) in [5, 5.41) is 9.01. The molecule has 0 saturated carbocycles. The molecule has 1 atom stereocenters. The minimum Gasteiger partial charge on any atom is -0.496 e. The number of ether oxygens (including phenoxy) is 3. The van der Waals surface area contributed by atoms with E-state index in [1.165, 1.54) is 22.3 Å². The second-order valence-corrected chi connectivity index (χ2v) is 8.00. The molecule has 33 heavy (non-hydrogen) atoms. The largest absolute Gasteiger partial charge is 0.496 e. The molecule has 2 aromatic rings. The van der Waals surface area contributed by atoms with E-state index < -0.39 is 0 Å². The van der Waals surface area contributed by atoms with Crippen molar-refractivity contribution in [3.63, 3.8) is 0 Å². The van der Waals surface area contributed by atoms with E-state index in [-0.39, 0.29) is 6.61 Å². The van der Waals surface area contributed by atoms with Crippen molar-refractivity contribution >= 4 is 0 Å². The third-order valence-corrected chi connectivity index (χ3v) is 5.60. The highest BCUT2D eigenvalue weighted by Crippen LogP contribution is 2.34. The smallest absolute Gasteiger partial charge is 0.161 e. The van der Waals surface area contributed by atoms with Gasteiger partial charge in [-0.3, -0.25) is 0 Å². The lowest BCUT2D eigenvalue weighted by molar-refractivity contribution is -0.924. The Morgan fingerprint density at radius 2 is 1.36 bits per heavy atom. The molecule has 1 aliphatic rings. The van der Waals surface area contributed by atoms with Crippen LogP contribution >= 0.6 is 0 Å². The third-order valence-electron chi connectivity index (χ3n) is 5.60. The second kappa shape index (κ2) is 16.4. The molecule has 0 aromatic heterocycles. The number of hydrogen-bond donors (Lipinski definition) is 1. The summed E-state index contributed by atoms with van der Waals surface area (Å²) < 4.78 is 16.9. The Hall–Kier alpha value is -2.24. The fourth-order valence-electron chi connectivity index (χ4n) is 3.79. The lowest BCUT2D eigenvalue weighted by atomic mass is 9.97. The maximum absolute atomic E-state index is 9.01. The molecule has 0 spiro atoms. The molecule has 0 amide bonds. The maximum Gasteiger partial charge on any atom is 0.161 e. The summed E-state index contributed by atoms with van der Waals surface area (Å²) in [6.07, 6.45) is 1.91. The number of hydrogen-bond acceptors (Lipinski definition) is 4. The van der Waals surface area contributed by atoms with Gasteiger partial charge in [0.25, 0.3) is 0 Å². The van der Waals surface area contributed by atoms with Gasteiger partial charge in [0.05, 0.1) is 41.5 Å². The monoisotopic (exact) mass is 462 g/mol. The quantitative estimate of drug-likeness (QED) is 0.539. The number of benzene rings is 2. The number of aliphatic hydroxyl groups excluding tert-OH is 1. The van der Waals surface area contributed by atoms with Crippen LogP contribution in [0.3, 0.4) is 0 Å². The van der Waals surface area contributed by atoms with Crippen molar-refractivity contribution in [2.24, 2.45) is 0 Å². The molecule has 0 fully saturated rings. The van der Waals surface area contributed by atoms with Gasteiger partial charge < -0.3 is 23.8 Å². The van der Waals surface area contributed by atoms with Crippen molar-refractivity contribution in [1.29, 1.82) is 0 Å². The Morgan fingerprint density at radius 1 is 0.818 bits per heavy atom. The Labute approximate surface area is 202 Å². The van der Waals surface area contributed by atoms with Gasteiger partial charge in [0.1, 0.15) is 12.3 Å². The van der Waals surface area contributed by atoms with Gasteiger partial charge in [-0.2, -0.15) is 0 Å². The van der Waals surface area contributed by atoms with Crippen molar-refractivity contribution in [2.75, 3.05) is 48.1 Å². The van der Waals surface area contributed by atoms with Crippen LogP contribution in [-0.4, -0.2) is 57.7 Å². The number of methoxy groups -OCH3 is 3. The molecule has 0 aliphatic carbocycles. The van der Waals surface area contributed by atoms with E-state index in [0.29, 0.717) is 0 Å². The average Bonchev–Trinajstić information content (AvgIpc) is 2.86. The molecule has 0 radical (unpaired) electrons. The van der Waals surface area contributed by atoms with E-state index in [4.69, 9.17) is 19.3 Å². The molecule has 188 valence electrons. The van der Waals surface area contributed by atoms with Crippen LogP contribution < -0.4 is 14.2 Å². The average molecular weight is 463 g/mol. The van der Waals surface area contributed by atoms with E-state index >= 15 is 0 Å². The summed E-state index contributed by atoms with van der Waals surface area (Å²) in [6.45, 7) is 15.5. The number of nitrogens with zero attached hydrogens (tertiary/aromatic N) is 1. The van der Waals surface area contributed by atoms with Gasteiger partial charge >= 0.3 is 0 Å². The van der Waals surface area contributed by atoms with E-state index in [0.717, 1.165) is 54.2 Å². The standard InChI is InChI=1S/C15H24NO3.C9H12O.2C2H6/c1-16(6-4-8-17)7-5-12-9-14(18-2)15(19-3)10-13(12)11-16;1-7-4-5-8(2)9(6-7)10-3;2*1-2/h9-10,17H,4-8,11H2,1-3H3;4-6H,1-3H3;2*1-2H3/q+1;;;. The first-order valence-corrected chi connectivity index (χ1v) is 12.1. The van der Waals surface area contributed by atoms with Crippen LogP contribution in [-0.2, 0) is 13.0 Å². The molecule has 1 heterocycles. The van der Waals surface area contributed by atoms with Gasteiger partial charge in [-0.25, -0.2) is 0 Å². The first-order valence-electron chi connectivity index (χ1n) is 12.1. The van der Waals surface area contributed by atoms with Crippen molar-refractivity contribution < 1.29 is 23.8 Å². The highest BCUT2D eigenvalue weighted by atomic mass is 16.5. The van der Waals surface area contributed by atoms with E-state index in [1.54, 1.807) is 21.3 Å². The van der Waals surface area contributed by atoms with Crippen LogP contribution in [0, 0.1) is 13.8 Å². The van der Waals surface area contributed by atoms with Gasteiger partial charge in [-0.15, -0.1) is 0 Å². The molecule has 3 rings (SSSR count). The molecule has 0 saturated heterocycles. The number of fused-ring (bicyclic) bond motifs is 1. The first-order chi connectivity index (χ1) is 15.9. The van der Waals surface area contributed by atoms with Crippen molar-refractivity contribution in [2.45, 2.75) is 60.9 Å². The number of likely N-dealkylation sites (N-methyl/N-ethyl adjacent to an activating group) is 1.